The molecule has 380 valence electrons. The molecule has 0 saturated carbocycles. The van der Waals surface area contributed by atoms with Gasteiger partial charge in [0.2, 0.25) is 23.6 Å². The number of hydrogen-bond donors (Lipinski definition) is 3. The highest BCUT2D eigenvalue weighted by Gasteiger charge is 2.44. The molecule has 1 saturated heterocycles. The SMILES string of the molecule is CC[C@H](C)[C@@H]([C@@H](CC(=O)N1CCC[C@H]1[C@H](OC)[C@@H](C)C(=O)N[C@H](/C=C/c1ccc(S(=O)(=O)O)cc1)Cc1ccccc1)OC)N(C)[C@H](C(=O)NC(=O)[C@H](C(C)C)N(C)C(=O)OC(C)(C)C)C(C)C. The van der Waals surface area contributed by atoms with Crippen molar-refractivity contribution in [1.82, 2.24) is 25.3 Å². The summed E-state index contributed by atoms with van der Waals surface area (Å²) in [5.41, 5.74) is 0.869. The van der Waals surface area contributed by atoms with Crippen molar-refractivity contribution in [3.63, 3.8) is 0 Å². The van der Waals surface area contributed by atoms with E-state index in [0.717, 1.165) is 5.56 Å². The zero-order chi connectivity index (χ0) is 51.3. The predicted octanol–water partition coefficient (Wildman–Crippen LogP) is 6.63. The lowest BCUT2D eigenvalue weighted by molar-refractivity contribution is -0.144. The van der Waals surface area contributed by atoms with Crippen molar-refractivity contribution in [2.24, 2.45) is 23.7 Å². The van der Waals surface area contributed by atoms with Gasteiger partial charge in [-0.2, -0.15) is 8.42 Å². The normalized spacial score (nSPS) is 18.1. The standard InChI is InChI=1S/C51H79N5O11S/c1-15-34(6)45(54(11)43(32(2)3)48(59)53-49(60)44(33(4)5)55(12)50(61)67-51(8,9)10)41(65-13)31-42(57)56-29-19-22-40(56)46(66-14)35(7)47(58)52-38(30-37-20-17-16-18-21-37)26-23-36-24-27-39(28-25-36)68(62,63)64/h16-18,20-21,23-28,32-35,38,40-41,43-46H,15,19,22,29-31H2,1-14H3,(H,52,58)(H,53,59,60)(H,62,63,64)/b26-23+/t34-,35+,38+,40-,41+,43-,44-,45-,46+/m0/s1. The van der Waals surface area contributed by atoms with E-state index < -0.39 is 82.0 Å². The Hall–Kier alpha value is -4.68. The average Bonchev–Trinajstić information content (AvgIpc) is 3.74. The van der Waals surface area contributed by atoms with Gasteiger partial charge in [-0.15, -0.1) is 0 Å². The van der Waals surface area contributed by atoms with Crippen LogP contribution in [0, 0.1) is 23.7 Å². The van der Waals surface area contributed by atoms with E-state index >= 15 is 0 Å². The summed E-state index contributed by atoms with van der Waals surface area (Å²) < 4.78 is 50.3. The molecule has 1 heterocycles. The molecule has 0 radical (unpaired) electrons. The number of imide groups is 1. The Balaban J connectivity index is 1.83. The number of hydrogen-bond acceptors (Lipinski definition) is 11. The second-order valence-electron chi connectivity index (χ2n) is 19.8. The van der Waals surface area contributed by atoms with Crippen LogP contribution in [-0.2, 0) is 49.9 Å². The Bertz CT molecular complexity index is 2110. The molecule has 68 heavy (non-hydrogen) atoms. The number of nitrogens with one attached hydrogen (secondary N) is 2. The third-order valence-corrected chi connectivity index (χ3v) is 13.7. The number of likely N-dealkylation sites (tertiary alicyclic amines) is 1. The van der Waals surface area contributed by atoms with Crippen LogP contribution < -0.4 is 10.6 Å². The highest BCUT2D eigenvalue weighted by Crippen LogP contribution is 2.31. The highest BCUT2D eigenvalue weighted by molar-refractivity contribution is 7.85. The fourth-order valence-electron chi connectivity index (χ4n) is 9.31. The van der Waals surface area contributed by atoms with Crippen molar-refractivity contribution in [3.05, 3.63) is 71.8 Å². The Kier molecular flexibility index (Phi) is 21.9. The van der Waals surface area contributed by atoms with Crippen LogP contribution in [-0.4, -0.2) is 140 Å². The summed E-state index contributed by atoms with van der Waals surface area (Å²) in [5, 5.41) is 5.77. The van der Waals surface area contributed by atoms with Crippen LogP contribution >= 0.6 is 0 Å². The summed E-state index contributed by atoms with van der Waals surface area (Å²) in [6.45, 7) is 18.9. The van der Waals surface area contributed by atoms with Gasteiger partial charge in [0.1, 0.15) is 11.6 Å². The summed E-state index contributed by atoms with van der Waals surface area (Å²) in [6, 6.07) is 12.3. The molecule has 1 fully saturated rings. The van der Waals surface area contributed by atoms with Crippen LogP contribution in [0.2, 0.25) is 0 Å². The molecule has 1 aliphatic rings. The third kappa shape index (κ3) is 16.2. The van der Waals surface area contributed by atoms with E-state index in [0.29, 0.717) is 37.8 Å². The van der Waals surface area contributed by atoms with Gasteiger partial charge >= 0.3 is 6.09 Å². The second kappa shape index (κ2) is 25.8. The maximum atomic E-state index is 14.5. The number of likely N-dealkylation sites (N-methyl/N-ethyl adjacent to an activating group) is 2. The predicted molar refractivity (Wildman–Crippen MR) is 263 cm³/mol. The lowest BCUT2D eigenvalue weighted by atomic mass is 9.87. The van der Waals surface area contributed by atoms with Gasteiger partial charge in [0.25, 0.3) is 10.1 Å². The first-order valence-electron chi connectivity index (χ1n) is 23.7. The number of benzene rings is 2. The minimum atomic E-state index is -4.35. The maximum absolute atomic E-state index is 14.5. The largest absolute Gasteiger partial charge is 0.444 e. The van der Waals surface area contributed by atoms with Crippen LogP contribution in [0.3, 0.4) is 0 Å². The van der Waals surface area contributed by atoms with Gasteiger partial charge in [0.15, 0.2) is 0 Å². The molecule has 0 bridgehead atoms. The average molecular weight is 970 g/mol. The molecule has 3 rings (SSSR count). The number of carbonyl (C=O) groups excluding carboxylic acids is 5. The van der Waals surface area contributed by atoms with E-state index in [4.69, 9.17) is 14.2 Å². The van der Waals surface area contributed by atoms with Crippen LogP contribution in [0.25, 0.3) is 6.08 Å². The number of nitrogens with zero attached hydrogens (tertiary/aromatic N) is 3. The van der Waals surface area contributed by atoms with Gasteiger partial charge in [0.05, 0.1) is 47.6 Å². The van der Waals surface area contributed by atoms with Crippen LogP contribution in [0.15, 0.2) is 65.6 Å². The molecule has 17 heteroatoms. The van der Waals surface area contributed by atoms with Crippen LogP contribution in [0.4, 0.5) is 4.79 Å². The summed E-state index contributed by atoms with van der Waals surface area (Å²) >= 11 is 0. The fourth-order valence-corrected chi connectivity index (χ4v) is 9.79. The van der Waals surface area contributed by atoms with Gasteiger partial charge in [-0.25, -0.2) is 4.79 Å². The van der Waals surface area contributed by atoms with Gasteiger partial charge < -0.3 is 24.4 Å². The molecule has 16 nitrogen and oxygen atoms in total. The van der Waals surface area contributed by atoms with E-state index in [9.17, 15) is 36.9 Å². The van der Waals surface area contributed by atoms with Crippen molar-refractivity contribution in [1.29, 1.82) is 0 Å². The van der Waals surface area contributed by atoms with Gasteiger partial charge in [-0.05, 0) is 88.1 Å². The molecular weight excluding hydrogens is 891 g/mol. The van der Waals surface area contributed by atoms with E-state index in [2.05, 4.69) is 10.6 Å². The van der Waals surface area contributed by atoms with Crippen molar-refractivity contribution < 1.29 is 51.2 Å². The van der Waals surface area contributed by atoms with Crippen molar-refractivity contribution in [2.75, 3.05) is 34.9 Å². The topological polar surface area (TPSA) is 201 Å². The Morgan fingerprint density at radius 3 is 1.97 bits per heavy atom. The van der Waals surface area contributed by atoms with E-state index in [1.54, 1.807) is 78.9 Å². The number of amides is 5. The minimum Gasteiger partial charge on any atom is -0.444 e. The molecular formula is C51H79N5O11S. The van der Waals surface area contributed by atoms with Crippen molar-refractivity contribution in [3.8, 4) is 0 Å². The molecule has 5 amide bonds. The highest BCUT2D eigenvalue weighted by atomic mass is 32.2. The smallest absolute Gasteiger partial charge is 0.410 e. The van der Waals surface area contributed by atoms with Crippen LogP contribution in [0.5, 0.6) is 0 Å². The van der Waals surface area contributed by atoms with E-state index in [1.165, 1.54) is 24.1 Å². The monoisotopic (exact) mass is 970 g/mol. The second-order valence-corrected chi connectivity index (χ2v) is 21.3. The molecule has 2 aromatic rings. The first kappa shape index (κ1) is 57.6. The molecule has 0 unspecified atom stereocenters. The molecule has 2 aromatic carbocycles. The minimum absolute atomic E-state index is 0.0139. The Labute approximate surface area is 405 Å². The summed E-state index contributed by atoms with van der Waals surface area (Å²) in [5.74, 6) is -2.94. The van der Waals surface area contributed by atoms with Crippen LogP contribution in [0.1, 0.15) is 106 Å². The summed E-state index contributed by atoms with van der Waals surface area (Å²) in [7, 11) is 2.04. The van der Waals surface area contributed by atoms with Crippen molar-refractivity contribution >= 4 is 45.9 Å². The number of carbonyl (C=O) groups is 5. The molecule has 9 atom stereocenters. The quantitative estimate of drug-likeness (QED) is 0.101. The molecule has 0 spiro atoms. The lowest BCUT2D eigenvalue weighted by Gasteiger charge is -2.43. The number of rotatable bonds is 23. The summed E-state index contributed by atoms with van der Waals surface area (Å²) in [6.07, 6.45) is 4.10. The van der Waals surface area contributed by atoms with Gasteiger partial charge in [-0.1, -0.05) is 110 Å². The Morgan fingerprint density at radius 1 is 0.868 bits per heavy atom. The summed E-state index contributed by atoms with van der Waals surface area (Å²) in [4.78, 5) is 74.4. The molecule has 1 aliphatic heterocycles. The lowest BCUT2D eigenvalue weighted by Crippen LogP contribution is -2.60. The van der Waals surface area contributed by atoms with Gasteiger partial charge in [0, 0.05) is 33.9 Å². The van der Waals surface area contributed by atoms with Gasteiger partial charge in [-0.3, -0.25) is 38.8 Å². The van der Waals surface area contributed by atoms with E-state index in [1.807, 2.05) is 76.1 Å². The maximum Gasteiger partial charge on any atom is 0.410 e. The zero-order valence-corrected chi connectivity index (χ0v) is 43.5. The van der Waals surface area contributed by atoms with Crippen molar-refractivity contribution in [2.45, 2.75) is 154 Å². The number of ether oxygens (including phenoxy) is 3. The first-order chi connectivity index (χ1) is 31.8. The Morgan fingerprint density at radius 2 is 1.46 bits per heavy atom. The molecule has 0 aromatic heterocycles. The molecule has 0 aliphatic carbocycles. The number of methoxy groups -OCH3 is 2. The zero-order valence-electron chi connectivity index (χ0n) is 42.7. The molecule has 3 N–H and O–H groups in total. The third-order valence-electron chi connectivity index (χ3n) is 12.8. The van der Waals surface area contributed by atoms with E-state index in [-0.39, 0.29) is 40.9 Å². The first-order valence-corrected chi connectivity index (χ1v) is 25.2. The fraction of sp³-hybridized carbons (Fsp3) is 0.627.